The predicted octanol–water partition coefficient (Wildman–Crippen LogP) is 3.54. The number of hydrogen-bond donors (Lipinski definition) is 1. The van der Waals surface area contributed by atoms with E-state index < -0.39 is 15.9 Å². The minimum atomic E-state index is -3.36. The normalized spacial score (nSPS) is 34.2. The first kappa shape index (κ1) is 21.0. The van der Waals surface area contributed by atoms with Crippen molar-refractivity contribution in [1.82, 2.24) is 4.90 Å². The van der Waals surface area contributed by atoms with E-state index in [-0.39, 0.29) is 22.1 Å². The van der Waals surface area contributed by atoms with Crippen LogP contribution >= 0.6 is 0 Å². The number of aryl methyl sites for hydroxylation is 1. The molecule has 7 heteroatoms. The molecule has 1 aliphatic heterocycles. The van der Waals surface area contributed by atoms with Crippen LogP contribution in [0.2, 0.25) is 0 Å². The second kappa shape index (κ2) is 7.32. The number of sulfone groups is 1. The van der Waals surface area contributed by atoms with E-state index in [9.17, 15) is 18.0 Å². The van der Waals surface area contributed by atoms with Crippen molar-refractivity contribution < 1.29 is 18.0 Å². The van der Waals surface area contributed by atoms with Gasteiger partial charge in [-0.15, -0.1) is 0 Å². The molecule has 4 bridgehead atoms. The quantitative estimate of drug-likeness (QED) is 0.770. The number of nitrogens with one attached hydrogen (secondary N) is 1. The Morgan fingerprint density at radius 1 is 1.06 bits per heavy atom. The maximum atomic E-state index is 13.8. The largest absolute Gasteiger partial charge is 0.330 e. The lowest BCUT2D eigenvalue weighted by molar-refractivity contribution is -0.160. The summed E-state index contributed by atoms with van der Waals surface area (Å²) in [6.07, 6.45) is 9.50. The highest BCUT2D eigenvalue weighted by molar-refractivity contribution is 7.90. The van der Waals surface area contributed by atoms with E-state index in [0.717, 1.165) is 37.5 Å². The molecular weight excluding hydrogens is 412 g/mol. The van der Waals surface area contributed by atoms with Gasteiger partial charge < -0.3 is 10.2 Å². The van der Waals surface area contributed by atoms with Gasteiger partial charge in [0.1, 0.15) is 6.04 Å². The fraction of sp³-hybridized carbons (Fsp3) is 0.667. The maximum Gasteiger partial charge on any atom is 0.247 e. The zero-order chi connectivity index (χ0) is 22.0. The van der Waals surface area contributed by atoms with Crippen molar-refractivity contribution in [3.63, 3.8) is 0 Å². The Morgan fingerprint density at radius 2 is 1.68 bits per heavy atom. The van der Waals surface area contributed by atoms with Crippen molar-refractivity contribution in [2.45, 2.75) is 69.2 Å². The van der Waals surface area contributed by atoms with Gasteiger partial charge in [0.2, 0.25) is 11.8 Å². The Bertz CT molecular complexity index is 997. The molecule has 1 heterocycles. The number of likely N-dealkylation sites (tertiary alicyclic amines) is 1. The van der Waals surface area contributed by atoms with E-state index in [1.165, 1.54) is 25.3 Å². The van der Waals surface area contributed by atoms with Gasteiger partial charge >= 0.3 is 0 Å². The standard InChI is InChI=1S/C24H32N2O4S/c1-15-5-6-19(31(2,29)30)11-20(15)25-22(27)21-4-3-7-26(21)23(28)24-12-16-8-17(13-24)10-18(9-16)14-24/h5-6,11,16-18,21H,3-4,7-10,12-14H2,1-2H3,(H,25,27). The third kappa shape index (κ3) is 3.69. The third-order valence-electron chi connectivity index (χ3n) is 8.20. The molecular formula is C24H32N2O4S. The second-order valence-corrected chi connectivity index (χ2v) is 12.6. The molecule has 2 amide bonds. The molecule has 0 spiro atoms. The van der Waals surface area contributed by atoms with Crippen molar-refractivity contribution in [3.05, 3.63) is 23.8 Å². The third-order valence-corrected chi connectivity index (χ3v) is 9.31. The van der Waals surface area contributed by atoms with Gasteiger partial charge in [0, 0.05) is 18.5 Å². The van der Waals surface area contributed by atoms with E-state index in [2.05, 4.69) is 5.32 Å². The van der Waals surface area contributed by atoms with E-state index in [0.29, 0.717) is 36.4 Å². The van der Waals surface area contributed by atoms with Crippen LogP contribution in [0.15, 0.2) is 23.1 Å². The summed E-state index contributed by atoms with van der Waals surface area (Å²) in [4.78, 5) is 29.0. The summed E-state index contributed by atoms with van der Waals surface area (Å²) in [5.41, 5.74) is 1.06. The van der Waals surface area contributed by atoms with E-state index in [1.54, 1.807) is 12.1 Å². The van der Waals surface area contributed by atoms with E-state index in [4.69, 9.17) is 0 Å². The molecule has 1 aromatic rings. The summed E-state index contributed by atoms with van der Waals surface area (Å²) >= 11 is 0. The molecule has 4 saturated carbocycles. The lowest BCUT2D eigenvalue weighted by Gasteiger charge is -2.56. The van der Waals surface area contributed by atoms with Crippen molar-refractivity contribution >= 4 is 27.3 Å². The zero-order valence-corrected chi connectivity index (χ0v) is 19.2. The first-order valence-corrected chi connectivity index (χ1v) is 13.5. The highest BCUT2D eigenvalue weighted by Crippen LogP contribution is 2.60. The number of anilines is 1. The summed E-state index contributed by atoms with van der Waals surface area (Å²) in [5, 5.41) is 2.93. The highest BCUT2D eigenvalue weighted by Gasteiger charge is 2.56. The smallest absolute Gasteiger partial charge is 0.247 e. The number of carbonyl (C=O) groups excluding carboxylic acids is 2. The molecule has 6 rings (SSSR count). The molecule has 4 aliphatic carbocycles. The summed E-state index contributed by atoms with van der Waals surface area (Å²) < 4.78 is 23.8. The molecule has 0 aromatic heterocycles. The number of nitrogens with zero attached hydrogens (tertiary/aromatic N) is 1. The van der Waals surface area contributed by atoms with Crippen molar-refractivity contribution in [3.8, 4) is 0 Å². The Kier molecular flexibility index (Phi) is 4.96. The van der Waals surface area contributed by atoms with Crippen molar-refractivity contribution in [1.29, 1.82) is 0 Å². The van der Waals surface area contributed by atoms with Crippen LogP contribution in [0, 0.1) is 30.1 Å². The molecule has 6 nitrogen and oxygen atoms in total. The van der Waals surface area contributed by atoms with Crippen LogP contribution in [0.4, 0.5) is 5.69 Å². The second-order valence-electron chi connectivity index (χ2n) is 10.6. The highest BCUT2D eigenvalue weighted by atomic mass is 32.2. The number of amides is 2. The molecule has 31 heavy (non-hydrogen) atoms. The maximum absolute atomic E-state index is 13.8. The first-order valence-electron chi connectivity index (χ1n) is 11.6. The van der Waals surface area contributed by atoms with Crippen LogP contribution in [0.3, 0.4) is 0 Å². The van der Waals surface area contributed by atoms with E-state index >= 15 is 0 Å². The van der Waals surface area contributed by atoms with Crippen LogP contribution in [0.1, 0.15) is 56.9 Å². The molecule has 5 aliphatic rings. The fourth-order valence-electron chi connectivity index (χ4n) is 7.14. The van der Waals surface area contributed by atoms with Gasteiger partial charge in [-0.3, -0.25) is 9.59 Å². The van der Waals surface area contributed by atoms with Gasteiger partial charge in [-0.1, -0.05) is 6.07 Å². The Balaban J connectivity index is 1.35. The molecule has 5 fully saturated rings. The number of hydrogen-bond acceptors (Lipinski definition) is 4. The Morgan fingerprint density at radius 3 is 2.26 bits per heavy atom. The van der Waals surface area contributed by atoms with Crippen LogP contribution in [-0.4, -0.2) is 44.0 Å². The van der Waals surface area contributed by atoms with Gasteiger partial charge in [-0.2, -0.15) is 0 Å². The van der Waals surface area contributed by atoms with Crippen LogP contribution in [0.25, 0.3) is 0 Å². The summed E-state index contributed by atoms with van der Waals surface area (Å²) in [7, 11) is -3.36. The average molecular weight is 445 g/mol. The first-order chi connectivity index (χ1) is 14.6. The lowest BCUT2D eigenvalue weighted by atomic mass is 9.49. The molecule has 1 atom stereocenters. The van der Waals surface area contributed by atoms with Crippen molar-refractivity contribution in [2.75, 3.05) is 18.1 Å². The SMILES string of the molecule is Cc1ccc(S(C)(=O)=O)cc1NC(=O)C1CCCN1C(=O)C12CC3CC(CC(C3)C1)C2. The molecule has 1 saturated heterocycles. The molecule has 1 unspecified atom stereocenters. The Hall–Kier alpha value is -1.89. The number of rotatable bonds is 4. The van der Waals surface area contributed by atoms with Crippen LogP contribution in [-0.2, 0) is 19.4 Å². The number of benzene rings is 1. The van der Waals surface area contributed by atoms with Gasteiger partial charge in [0.15, 0.2) is 9.84 Å². The molecule has 0 radical (unpaired) electrons. The van der Waals surface area contributed by atoms with Gasteiger partial charge in [0.05, 0.1) is 10.3 Å². The summed E-state index contributed by atoms with van der Waals surface area (Å²) in [6, 6.07) is 4.31. The van der Waals surface area contributed by atoms with Crippen LogP contribution in [0.5, 0.6) is 0 Å². The molecule has 168 valence electrons. The average Bonchev–Trinajstić information content (AvgIpc) is 3.17. The molecule has 1 N–H and O–H groups in total. The Labute approximate surface area is 184 Å². The minimum absolute atomic E-state index is 0.182. The minimum Gasteiger partial charge on any atom is -0.330 e. The van der Waals surface area contributed by atoms with Crippen LogP contribution < -0.4 is 5.32 Å². The van der Waals surface area contributed by atoms with Gasteiger partial charge in [-0.25, -0.2) is 8.42 Å². The monoisotopic (exact) mass is 444 g/mol. The van der Waals surface area contributed by atoms with Gasteiger partial charge in [0.25, 0.3) is 0 Å². The zero-order valence-electron chi connectivity index (χ0n) is 18.4. The predicted molar refractivity (Wildman–Crippen MR) is 118 cm³/mol. The van der Waals surface area contributed by atoms with Gasteiger partial charge in [-0.05, 0) is 93.7 Å². The summed E-state index contributed by atoms with van der Waals surface area (Å²) in [5.74, 6) is 2.06. The summed E-state index contributed by atoms with van der Waals surface area (Å²) in [6.45, 7) is 2.48. The van der Waals surface area contributed by atoms with Crippen molar-refractivity contribution in [2.24, 2.45) is 23.2 Å². The molecule has 1 aromatic carbocycles. The lowest BCUT2D eigenvalue weighted by Crippen LogP contribution is -2.56. The van der Waals surface area contributed by atoms with E-state index in [1.807, 2.05) is 11.8 Å². The fourth-order valence-corrected chi connectivity index (χ4v) is 7.79. The number of carbonyl (C=O) groups is 2. The topological polar surface area (TPSA) is 83.6 Å².